The van der Waals surface area contributed by atoms with Crippen LogP contribution in [0.4, 0.5) is 5.13 Å². The molecule has 35 heavy (non-hydrogen) atoms. The first kappa shape index (κ1) is 25.3. The number of hydrogen-bond donors (Lipinski definition) is 1. The van der Waals surface area contributed by atoms with Gasteiger partial charge in [-0.1, -0.05) is 45.0 Å². The monoisotopic (exact) mass is 513 g/mol. The molecule has 0 bridgehead atoms. The van der Waals surface area contributed by atoms with E-state index < -0.39 is 9.84 Å². The van der Waals surface area contributed by atoms with Crippen molar-refractivity contribution in [3.63, 3.8) is 0 Å². The standard InChI is InChI=1S/C26H31N3O4S2/c1-5-35(31,32)21-12-8-18(9-13-21)14-23(30)27-26-28-24-22(34-26)16-29(25(24)17(2)3)15-19-6-10-20(33-4)11-7-19/h6-13,17,25H,5,14-16H2,1-4H3,(H,27,28,30)/t25-/m1/s1. The smallest absolute Gasteiger partial charge is 0.230 e. The lowest BCUT2D eigenvalue weighted by Crippen LogP contribution is -2.26. The van der Waals surface area contributed by atoms with Crippen LogP contribution in [0.1, 0.15) is 48.5 Å². The third-order valence-corrected chi connectivity index (χ3v) is 8.92. The number of anilines is 1. The van der Waals surface area contributed by atoms with Crippen LogP contribution in [-0.4, -0.2) is 37.1 Å². The van der Waals surface area contributed by atoms with Crippen LogP contribution >= 0.6 is 11.3 Å². The van der Waals surface area contributed by atoms with Crippen molar-refractivity contribution in [3.05, 3.63) is 70.2 Å². The minimum absolute atomic E-state index is 0.0520. The van der Waals surface area contributed by atoms with Crippen LogP contribution in [0.5, 0.6) is 5.75 Å². The Morgan fingerprint density at radius 1 is 1.14 bits per heavy atom. The molecule has 0 aliphatic carbocycles. The third-order valence-electron chi connectivity index (χ3n) is 6.20. The average Bonchev–Trinajstić information content (AvgIpc) is 3.36. The normalized spacial score (nSPS) is 15.9. The number of hydrogen-bond acceptors (Lipinski definition) is 7. The fourth-order valence-electron chi connectivity index (χ4n) is 4.40. The second kappa shape index (κ2) is 10.5. The predicted octanol–water partition coefficient (Wildman–Crippen LogP) is 4.84. The molecule has 1 aromatic heterocycles. The van der Waals surface area contributed by atoms with E-state index in [2.05, 4.69) is 36.2 Å². The molecule has 0 unspecified atom stereocenters. The number of fused-ring (bicyclic) bond motifs is 1. The first-order chi connectivity index (χ1) is 16.7. The topological polar surface area (TPSA) is 88.6 Å². The quantitative estimate of drug-likeness (QED) is 0.441. The summed E-state index contributed by atoms with van der Waals surface area (Å²) < 4.78 is 29.2. The Bertz CT molecular complexity index is 1280. The number of methoxy groups -OCH3 is 1. The summed E-state index contributed by atoms with van der Waals surface area (Å²) in [6.45, 7) is 7.62. The van der Waals surface area contributed by atoms with Gasteiger partial charge in [0, 0.05) is 18.0 Å². The first-order valence-electron chi connectivity index (χ1n) is 11.7. The van der Waals surface area contributed by atoms with Crippen LogP contribution in [0.2, 0.25) is 0 Å². The number of sulfone groups is 1. The second-order valence-corrected chi connectivity index (χ2v) is 12.4. The molecule has 186 valence electrons. The summed E-state index contributed by atoms with van der Waals surface area (Å²) >= 11 is 1.53. The average molecular weight is 514 g/mol. The number of nitrogens with one attached hydrogen (secondary N) is 1. The molecule has 1 N–H and O–H groups in total. The fraction of sp³-hybridized carbons (Fsp3) is 0.385. The maximum absolute atomic E-state index is 12.6. The maximum Gasteiger partial charge on any atom is 0.230 e. The van der Waals surface area contributed by atoms with Crippen LogP contribution in [0.3, 0.4) is 0 Å². The van der Waals surface area contributed by atoms with E-state index in [4.69, 9.17) is 9.72 Å². The number of amides is 1. The minimum atomic E-state index is -3.25. The highest BCUT2D eigenvalue weighted by Gasteiger charge is 2.36. The number of thiazole rings is 1. The van der Waals surface area contributed by atoms with Crippen LogP contribution in [0.15, 0.2) is 53.4 Å². The molecule has 0 saturated heterocycles. The van der Waals surface area contributed by atoms with E-state index in [0.29, 0.717) is 11.0 Å². The van der Waals surface area contributed by atoms with Crippen molar-refractivity contribution >= 4 is 32.2 Å². The second-order valence-electron chi connectivity index (χ2n) is 9.04. The van der Waals surface area contributed by atoms with Gasteiger partial charge in [-0.15, -0.1) is 11.3 Å². The van der Waals surface area contributed by atoms with E-state index in [9.17, 15) is 13.2 Å². The van der Waals surface area contributed by atoms with Crippen LogP contribution < -0.4 is 10.1 Å². The molecule has 4 rings (SSSR count). The van der Waals surface area contributed by atoms with Crippen molar-refractivity contribution in [3.8, 4) is 5.75 Å². The Kier molecular flexibility index (Phi) is 7.59. The van der Waals surface area contributed by atoms with E-state index in [1.54, 1.807) is 38.3 Å². The van der Waals surface area contributed by atoms with Crippen molar-refractivity contribution in [2.24, 2.45) is 5.92 Å². The summed E-state index contributed by atoms with van der Waals surface area (Å²) in [5, 5.41) is 3.54. The Morgan fingerprint density at radius 2 is 1.80 bits per heavy atom. The van der Waals surface area contributed by atoms with E-state index in [-0.39, 0.29) is 29.0 Å². The summed E-state index contributed by atoms with van der Waals surface area (Å²) in [5.41, 5.74) is 3.02. The van der Waals surface area contributed by atoms with Crippen LogP contribution in [0, 0.1) is 5.92 Å². The van der Waals surface area contributed by atoms with Crippen molar-refractivity contribution in [1.29, 1.82) is 0 Å². The zero-order valence-corrected chi connectivity index (χ0v) is 22.1. The molecule has 1 amide bonds. The lowest BCUT2D eigenvalue weighted by Gasteiger charge is -2.27. The van der Waals surface area contributed by atoms with Gasteiger partial charge in [0.15, 0.2) is 15.0 Å². The molecule has 1 aliphatic heterocycles. The Hall–Kier alpha value is -2.75. The van der Waals surface area contributed by atoms with Gasteiger partial charge in [0.2, 0.25) is 5.91 Å². The number of carbonyl (C=O) groups is 1. The Labute approximate surface area is 211 Å². The van der Waals surface area contributed by atoms with Gasteiger partial charge >= 0.3 is 0 Å². The number of rotatable bonds is 9. The third kappa shape index (κ3) is 5.74. The number of ether oxygens (including phenoxy) is 1. The summed E-state index contributed by atoms with van der Waals surface area (Å²) in [4.78, 5) is 21.3. The number of benzene rings is 2. The molecular weight excluding hydrogens is 482 g/mol. The molecular formula is C26H31N3O4S2. The van der Waals surface area contributed by atoms with Crippen LogP contribution in [0.25, 0.3) is 0 Å². The molecule has 2 aromatic carbocycles. The van der Waals surface area contributed by atoms with Crippen molar-refractivity contribution < 1.29 is 17.9 Å². The van der Waals surface area contributed by atoms with Gasteiger partial charge in [0.05, 0.1) is 35.9 Å². The maximum atomic E-state index is 12.6. The number of nitrogens with zero attached hydrogens (tertiary/aromatic N) is 2. The molecule has 0 radical (unpaired) electrons. The van der Waals surface area contributed by atoms with Gasteiger partial charge in [0.25, 0.3) is 0 Å². The molecule has 1 atom stereocenters. The van der Waals surface area contributed by atoms with E-state index in [0.717, 1.165) is 30.1 Å². The summed E-state index contributed by atoms with van der Waals surface area (Å²) in [7, 11) is -1.58. The van der Waals surface area contributed by atoms with Gasteiger partial charge in [-0.25, -0.2) is 13.4 Å². The highest BCUT2D eigenvalue weighted by atomic mass is 32.2. The lowest BCUT2D eigenvalue weighted by molar-refractivity contribution is -0.115. The zero-order chi connectivity index (χ0) is 25.2. The summed E-state index contributed by atoms with van der Waals surface area (Å²) in [5.74, 6) is 1.10. The van der Waals surface area contributed by atoms with E-state index in [1.807, 2.05) is 12.1 Å². The zero-order valence-electron chi connectivity index (χ0n) is 20.4. The molecule has 0 saturated carbocycles. The fourth-order valence-corrected chi connectivity index (χ4v) is 6.33. The van der Waals surface area contributed by atoms with Gasteiger partial charge in [-0.3, -0.25) is 9.69 Å². The number of carbonyl (C=O) groups excluding carboxylic acids is 1. The van der Waals surface area contributed by atoms with E-state index in [1.165, 1.54) is 21.8 Å². The van der Waals surface area contributed by atoms with Crippen molar-refractivity contribution in [1.82, 2.24) is 9.88 Å². The highest BCUT2D eigenvalue weighted by molar-refractivity contribution is 7.91. The largest absolute Gasteiger partial charge is 0.497 e. The molecule has 2 heterocycles. The van der Waals surface area contributed by atoms with Gasteiger partial charge in [-0.05, 0) is 41.3 Å². The molecule has 1 aliphatic rings. The molecule has 0 fully saturated rings. The highest BCUT2D eigenvalue weighted by Crippen LogP contribution is 2.43. The Morgan fingerprint density at radius 3 is 2.40 bits per heavy atom. The molecule has 3 aromatic rings. The lowest BCUT2D eigenvalue weighted by atomic mass is 10.0. The summed E-state index contributed by atoms with van der Waals surface area (Å²) in [6.07, 6.45) is 0.161. The first-order valence-corrected chi connectivity index (χ1v) is 14.1. The van der Waals surface area contributed by atoms with Crippen LogP contribution in [-0.2, 0) is 34.1 Å². The SMILES string of the molecule is CCS(=O)(=O)c1ccc(CC(=O)Nc2nc3c(s2)CN(Cc2ccc(OC)cc2)[C@@H]3C(C)C)cc1. The predicted molar refractivity (Wildman–Crippen MR) is 138 cm³/mol. The molecule has 7 nitrogen and oxygen atoms in total. The van der Waals surface area contributed by atoms with Gasteiger partial charge in [0.1, 0.15) is 5.75 Å². The Balaban J connectivity index is 1.41. The number of aromatic nitrogens is 1. The van der Waals surface area contributed by atoms with Gasteiger partial charge < -0.3 is 10.1 Å². The molecule has 0 spiro atoms. The minimum Gasteiger partial charge on any atom is -0.497 e. The van der Waals surface area contributed by atoms with Crippen molar-refractivity contribution in [2.75, 3.05) is 18.2 Å². The summed E-state index contributed by atoms with van der Waals surface area (Å²) in [6, 6.07) is 14.8. The van der Waals surface area contributed by atoms with E-state index >= 15 is 0 Å². The van der Waals surface area contributed by atoms with Crippen molar-refractivity contribution in [2.45, 2.75) is 51.2 Å². The van der Waals surface area contributed by atoms with Gasteiger partial charge in [-0.2, -0.15) is 0 Å². The molecule has 9 heteroatoms.